The van der Waals surface area contributed by atoms with Crippen molar-refractivity contribution in [2.75, 3.05) is 20.3 Å². The molecule has 4 aromatic carbocycles. The molecular weight excluding hydrogens is 491 g/mol. The van der Waals surface area contributed by atoms with Crippen LogP contribution in [-0.4, -0.2) is 32.1 Å². The van der Waals surface area contributed by atoms with Crippen LogP contribution in [0.4, 0.5) is 13.2 Å². The number of ketones is 1. The highest BCUT2D eigenvalue weighted by Gasteiger charge is 2.24. The van der Waals surface area contributed by atoms with Crippen LogP contribution in [-0.2, 0) is 0 Å². The second kappa shape index (κ2) is 11.3. The van der Waals surface area contributed by atoms with Crippen molar-refractivity contribution in [2.45, 2.75) is 31.7 Å². The fourth-order valence-corrected chi connectivity index (χ4v) is 5.02. The number of ether oxygens (including phenoxy) is 2. The maximum absolute atomic E-state index is 14.8. The molecule has 0 spiro atoms. The van der Waals surface area contributed by atoms with Crippen molar-refractivity contribution in [3.63, 3.8) is 0 Å². The number of hydrogen-bond acceptors (Lipinski definition) is 4. The number of halogens is 3. The van der Waals surface area contributed by atoms with Crippen LogP contribution in [0.25, 0.3) is 21.9 Å². The molecule has 0 aliphatic carbocycles. The molecule has 4 nitrogen and oxygen atoms in total. The molecule has 0 bridgehead atoms. The standard InChI is InChI=1S/C31H28F3NO3/c1-37-24-10-12-25-20(16-24)7-11-26(30-27(33)17-21(32)18-28(30)34)29(25)31(36)19-5-8-23(9-6-19)38-15-13-22-4-2-3-14-35-22/h5-12,16-18,22,35H,2-4,13-15H2,1H3. The van der Waals surface area contributed by atoms with Gasteiger partial charge < -0.3 is 14.8 Å². The van der Waals surface area contributed by atoms with E-state index in [1.165, 1.54) is 26.0 Å². The van der Waals surface area contributed by atoms with Crippen LogP contribution in [0.2, 0.25) is 0 Å². The molecule has 0 aromatic heterocycles. The summed E-state index contributed by atoms with van der Waals surface area (Å²) < 4.78 is 54.5. The molecule has 38 heavy (non-hydrogen) atoms. The van der Waals surface area contributed by atoms with Crippen molar-refractivity contribution in [1.82, 2.24) is 5.32 Å². The minimum atomic E-state index is -1.08. The lowest BCUT2D eigenvalue weighted by Gasteiger charge is -2.23. The van der Waals surface area contributed by atoms with Crippen LogP contribution >= 0.6 is 0 Å². The van der Waals surface area contributed by atoms with E-state index in [1.807, 2.05) is 0 Å². The molecule has 1 unspecified atom stereocenters. The lowest BCUT2D eigenvalue weighted by atomic mass is 9.89. The summed E-state index contributed by atoms with van der Waals surface area (Å²) in [6.45, 7) is 1.60. The molecule has 4 aromatic rings. The van der Waals surface area contributed by atoms with Gasteiger partial charge in [0.1, 0.15) is 29.0 Å². The molecule has 1 aliphatic rings. The first-order valence-electron chi connectivity index (χ1n) is 12.7. The van der Waals surface area contributed by atoms with E-state index in [-0.39, 0.29) is 11.1 Å². The zero-order chi connectivity index (χ0) is 26.6. The van der Waals surface area contributed by atoms with Gasteiger partial charge in [-0.1, -0.05) is 18.6 Å². The molecule has 1 aliphatic heterocycles. The third-order valence-electron chi connectivity index (χ3n) is 6.99. The maximum atomic E-state index is 14.8. The van der Waals surface area contributed by atoms with E-state index in [2.05, 4.69) is 5.32 Å². The Kier molecular flexibility index (Phi) is 7.65. The highest BCUT2D eigenvalue weighted by atomic mass is 19.1. The Morgan fingerprint density at radius 3 is 2.34 bits per heavy atom. The third kappa shape index (κ3) is 5.38. The second-order valence-corrected chi connectivity index (χ2v) is 9.46. The predicted molar refractivity (Wildman–Crippen MR) is 141 cm³/mol. The first-order chi connectivity index (χ1) is 18.4. The van der Waals surface area contributed by atoms with E-state index in [0.29, 0.717) is 52.6 Å². The highest BCUT2D eigenvalue weighted by Crippen LogP contribution is 2.37. The van der Waals surface area contributed by atoms with Crippen LogP contribution in [0, 0.1) is 17.5 Å². The summed E-state index contributed by atoms with van der Waals surface area (Å²) in [5.41, 5.74) is 0.0390. The molecule has 1 N–H and O–H groups in total. The van der Waals surface area contributed by atoms with Gasteiger partial charge in [0.25, 0.3) is 0 Å². The summed E-state index contributed by atoms with van der Waals surface area (Å²) in [6.07, 6.45) is 4.48. The van der Waals surface area contributed by atoms with Crippen molar-refractivity contribution in [1.29, 1.82) is 0 Å². The van der Waals surface area contributed by atoms with E-state index in [1.54, 1.807) is 48.5 Å². The van der Waals surface area contributed by atoms with Gasteiger partial charge in [-0.25, -0.2) is 13.2 Å². The van der Waals surface area contributed by atoms with Crippen LogP contribution in [0.3, 0.4) is 0 Å². The summed E-state index contributed by atoms with van der Waals surface area (Å²) in [6, 6.07) is 16.6. The van der Waals surface area contributed by atoms with Gasteiger partial charge in [0, 0.05) is 29.3 Å². The van der Waals surface area contributed by atoms with Gasteiger partial charge in [0.2, 0.25) is 0 Å². The highest BCUT2D eigenvalue weighted by molar-refractivity contribution is 6.20. The number of fused-ring (bicyclic) bond motifs is 1. The average molecular weight is 520 g/mol. The normalized spacial score (nSPS) is 15.4. The quantitative estimate of drug-likeness (QED) is 0.253. The molecule has 1 heterocycles. The van der Waals surface area contributed by atoms with Gasteiger partial charge in [-0.05, 0) is 84.6 Å². The zero-order valence-electron chi connectivity index (χ0n) is 21.0. The van der Waals surface area contributed by atoms with E-state index in [4.69, 9.17) is 9.47 Å². The fraction of sp³-hybridized carbons (Fsp3) is 0.258. The van der Waals surface area contributed by atoms with Crippen molar-refractivity contribution < 1.29 is 27.4 Å². The minimum absolute atomic E-state index is 0.0444. The molecule has 1 atom stereocenters. The molecule has 0 saturated carbocycles. The molecule has 5 rings (SSSR count). The number of rotatable bonds is 8. The molecule has 0 amide bonds. The summed E-state index contributed by atoms with van der Waals surface area (Å²) in [5, 5.41) is 4.65. The molecule has 196 valence electrons. The lowest BCUT2D eigenvalue weighted by Crippen LogP contribution is -2.35. The van der Waals surface area contributed by atoms with Crippen molar-refractivity contribution in [2.24, 2.45) is 0 Å². The average Bonchev–Trinajstić information content (AvgIpc) is 2.92. The smallest absolute Gasteiger partial charge is 0.194 e. The van der Waals surface area contributed by atoms with Crippen LogP contribution in [0.1, 0.15) is 41.6 Å². The Balaban J connectivity index is 1.48. The predicted octanol–water partition coefficient (Wildman–Crippen LogP) is 7.07. The van der Waals surface area contributed by atoms with E-state index >= 15 is 0 Å². The van der Waals surface area contributed by atoms with Crippen molar-refractivity contribution >= 4 is 16.6 Å². The van der Waals surface area contributed by atoms with Crippen molar-refractivity contribution in [3.8, 4) is 22.6 Å². The number of carbonyl (C=O) groups excluding carboxylic acids is 1. The molecule has 7 heteroatoms. The number of nitrogens with one attached hydrogen (secondary N) is 1. The number of piperidine rings is 1. The number of carbonyl (C=O) groups is 1. The third-order valence-corrected chi connectivity index (χ3v) is 6.99. The Morgan fingerprint density at radius 1 is 0.921 bits per heavy atom. The van der Waals surface area contributed by atoms with Gasteiger partial charge in [-0.15, -0.1) is 0 Å². The first-order valence-corrected chi connectivity index (χ1v) is 12.7. The first kappa shape index (κ1) is 25.8. The SMILES string of the molecule is COc1ccc2c(C(=O)c3ccc(OCCC4CCCCN4)cc3)c(-c3c(F)cc(F)cc3F)ccc2c1. The Morgan fingerprint density at radius 2 is 1.66 bits per heavy atom. The van der Waals surface area contributed by atoms with Gasteiger partial charge in [0.15, 0.2) is 5.78 Å². The zero-order valence-corrected chi connectivity index (χ0v) is 21.0. The minimum Gasteiger partial charge on any atom is -0.497 e. The van der Waals surface area contributed by atoms with Crippen LogP contribution < -0.4 is 14.8 Å². The monoisotopic (exact) mass is 519 g/mol. The lowest BCUT2D eigenvalue weighted by molar-refractivity contribution is 0.104. The van der Waals surface area contributed by atoms with Gasteiger partial charge >= 0.3 is 0 Å². The van der Waals surface area contributed by atoms with Gasteiger partial charge in [0.05, 0.1) is 19.3 Å². The van der Waals surface area contributed by atoms with Crippen molar-refractivity contribution in [3.05, 3.63) is 95.3 Å². The number of benzene rings is 4. The van der Waals surface area contributed by atoms with E-state index in [0.717, 1.165) is 19.4 Å². The van der Waals surface area contributed by atoms with E-state index in [9.17, 15) is 18.0 Å². The fourth-order valence-electron chi connectivity index (χ4n) is 5.02. The molecule has 1 fully saturated rings. The molecule has 0 radical (unpaired) electrons. The number of hydrogen-bond donors (Lipinski definition) is 1. The van der Waals surface area contributed by atoms with Crippen LogP contribution in [0.5, 0.6) is 11.5 Å². The second-order valence-electron chi connectivity index (χ2n) is 9.46. The van der Waals surface area contributed by atoms with Crippen LogP contribution in [0.15, 0.2) is 66.7 Å². The number of methoxy groups -OCH3 is 1. The molecular formula is C31H28F3NO3. The summed E-state index contributed by atoms with van der Waals surface area (Å²) >= 11 is 0. The maximum Gasteiger partial charge on any atom is 0.194 e. The van der Waals surface area contributed by atoms with Gasteiger partial charge in [-0.2, -0.15) is 0 Å². The summed E-state index contributed by atoms with van der Waals surface area (Å²) in [7, 11) is 1.53. The largest absolute Gasteiger partial charge is 0.497 e. The molecule has 1 saturated heterocycles. The Bertz CT molecular complexity index is 1440. The summed E-state index contributed by atoms with van der Waals surface area (Å²) in [5.74, 6) is -2.40. The Hall–Kier alpha value is -3.84. The summed E-state index contributed by atoms with van der Waals surface area (Å²) in [4.78, 5) is 13.8. The topological polar surface area (TPSA) is 47.6 Å². The van der Waals surface area contributed by atoms with Gasteiger partial charge in [-0.3, -0.25) is 4.79 Å². The van der Waals surface area contributed by atoms with E-state index < -0.39 is 28.8 Å². The Labute approximate surface area is 219 Å².